The lowest BCUT2D eigenvalue weighted by molar-refractivity contribution is 0.101. The number of methoxy groups -OCH3 is 1. The van der Waals surface area contributed by atoms with Crippen molar-refractivity contribution in [2.45, 2.75) is 26.9 Å². The van der Waals surface area contributed by atoms with Gasteiger partial charge in [-0.1, -0.05) is 11.6 Å². The van der Waals surface area contributed by atoms with E-state index < -0.39 is 17.5 Å². The van der Waals surface area contributed by atoms with Crippen LogP contribution in [0.4, 0.5) is 10.1 Å². The number of ether oxygens (including phenoxy) is 2. The van der Waals surface area contributed by atoms with Crippen LogP contribution in [0, 0.1) is 5.82 Å². The highest BCUT2D eigenvalue weighted by Gasteiger charge is 2.17. The number of Topliss-reactive ketones (excluding diaryl/α,β-unsaturated/α-hetero) is 1. The molecule has 0 aliphatic rings. The highest BCUT2D eigenvalue weighted by Crippen LogP contribution is 2.37. The Hall–Kier alpha value is -2.60. The Balaban J connectivity index is 2.31. The van der Waals surface area contributed by atoms with Gasteiger partial charge in [0.25, 0.3) is 5.91 Å². The van der Waals surface area contributed by atoms with Gasteiger partial charge in [-0.3, -0.25) is 9.59 Å². The van der Waals surface area contributed by atoms with Crippen molar-refractivity contribution in [1.82, 2.24) is 0 Å². The second-order valence-electron chi connectivity index (χ2n) is 5.86. The molecule has 26 heavy (non-hydrogen) atoms. The molecule has 0 aliphatic carbocycles. The third-order valence-electron chi connectivity index (χ3n) is 3.44. The fraction of sp³-hybridized carbons (Fsp3) is 0.263. The van der Waals surface area contributed by atoms with Gasteiger partial charge in [-0.2, -0.15) is 0 Å². The Morgan fingerprint density at radius 2 is 1.88 bits per heavy atom. The van der Waals surface area contributed by atoms with Crippen molar-refractivity contribution in [3.63, 3.8) is 0 Å². The highest BCUT2D eigenvalue weighted by molar-refractivity contribution is 6.32. The number of benzene rings is 2. The molecular formula is C19H19ClFNO4. The lowest BCUT2D eigenvalue weighted by Crippen LogP contribution is -2.14. The van der Waals surface area contributed by atoms with E-state index >= 15 is 0 Å². The number of carbonyl (C=O) groups excluding carboxylic acids is 2. The molecule has 0 spiro atoms. The van der Waals surface area contributed by atoms with Crippen molar-refractivity contribution in [2.75, 3.05) is 12.4 Å². The van der Waals surface area contributed by atoms with E-state index in [4.69, 9.17) is 21.1 Å². The van der Waals surface area contributed by atoms with E-state index in [0.717, 1.165) is 6.07 Å². The molecule has 0 atom stereocenters. The number of amides is 1. The number of nitrogens with one attached hydrogen (secondary N) is 1. The molecular weight excluding hydrogens is 361 g/mol. The summed E-state index contributed by atoms with van der Waals surface area (Å²) in [7, 11) is 1.45. The van der Waals surface area contributed by atoms with Crippen LogP contribution in [-0.4, -0.2) is 24.9 Å². The third-order valence-corrected chi connectivity index (χ3v) is 3.73. The van der Waals surface area contributed by atoms with E-state index in [1.165, 1.54) is 38.3 Å². The number of hydrogen-bond donors (Lipinski definition) is 1. The molecule has 2 aromatic rings. The van der Waals surface area contributed by atoms with Crippen LogP contribution in [0.2, 0.25) is 5.02 Å². The zero-order valence-electron chi connectivity index (χ0n) is 14.9. The van der Waals surface area contributed by atoms with Gasteiger partial charge in [-0.25, -0.2) is 4.39 Å². The van der Waals surface area contributed by atoms with Gasteiger partial charge in [0.2, 0.25) is 0 Å². The zero-order valence-corrected chi connectivity index (χ0v) is 15.6. The lowest BCUT2D eigenvalue weighted by atomic mass is 10.1. The van der Waals surface area contributed by atoms with Crippen molar-refractivity contribution in [3.8, 4) is 11.5 Å². The molecule has 7 heteroatoms. The van der Waals surface area contributed by atoms with E-state index in [9.17, 15) is 14.0 Å². The summed E-state index contributed by atoms with van der Waals surface area (Å²) in [6, 6.07) is 6.80. The summed E-state index contributed by atoms with van der Waals surface area (Å²) >= 11 is 6.16. The highest BCUT2D eigenvalue weighted by atomic mass is 35.5. The first-order valence-corrected chi connectivity index (χ1v) is 8.26. The van der Waals surface area contributed by atoms with Crippen LogP contribution in [0.15, 0.2) is 30.3 Å². The van der Waals surface area contributed by atoms with E-state index in [1.807, 2.05) is 13.8 Å². The fourth-order valence-corrected chi connectivity index (χ4v) is 2.61. The molecule has 0 unspecified atom stereocenters. The maximum Gasteiger partial charge on any atom is 0.255 e. The van der Waals surface area contributed by atoms with Crippen LogP contribution in [-0.2, 0) is 0 Å². The summed E-state index contributed by atoms with van der Waals surface area (Å²) < 4.78 is 24.7. The van der Waals surface area contributed by atoms with Gasteiger partial charge in [-0.15, -0.1) is 0 Å². The summed E-state index contributed by atoms with van der Waals surface area (Å²) in [4.78, 5) is 23.8. The van der Waals surface area contributed by atoms with Crippen molar-refractivity contribution < 1.29 is 23.5 Å². The van der Waals surface area contributed by atoms with Gasteiger partial charge in [0.1, 0.15) is 5.82 Å². The van der Waals surface area contributed by atoms with Crippen LogP contribution in [0.25, 0.3) is 0 Å². The van der Waals surface area contributed by atoms with Gasteiger partial charge in [0.15, 0.2) is 17.3 Å². The van der Waals surface area contributed by atoms with Crippen LogP contribution >= 0.6 is 11.6 Å². The molecule has 2 rings (SSSR count). The minimum absolute atomic E-state index is 0.0388. The van der Waals surface area contributed by atoms with Crippen LogP contribution in [0.3, 0.4) is 0 Å². The smallest absolute Gasteiger partial charge is 0.255 e. The maximum atomic E-state index is 13.9. The second kappa shape index (κ2) is 8.19. The Morgan fingerprint density at radius 3 is 2.42 bits per heavy atom. The Kier molecular flexibility index (Phi) is 6.21. The lowest BCUT2D eigenvalue weighted by Gasteiger charge is -2.16. The number of carbonyl (C=O) groups is 2. The summed E-state index contributed by atoms with van der Waals surface area (Å²) in [5.74, 6) is -0.935. The van der Waals surface area contributed by atoms with Gasteiger partial charge < -0.3 is 14.8 Å². The Bertz CT molecular complexity index is 852. The molecule has 5 nitrogen and oxygen atoms in total. The van der Waals surface area contributed by atoms with E-state index in [2.05, 4.69) is 5.32 Å². The molecule has 1 amide bonds. The third kappa shape index (κ3) is 4.52. The first kappa shape index (κ1) is 19.7. The van der Waals surface area contributed by atoms with Gasteiger partial charge in [0.05, 0.1) is 23.8 Å². The Labute approximate surface area is 156 Å². The largest absolute Gasteiger partial charge is 0.491 e. The summed E-state index contributed by atoms with van der Waals surface area (Å²) in [6.45, 7) is 4.94. The molecule has 138 valence electrons. The monoisotopic (exact) mass is 379 g/mol. The molecule has 0 saturated carbocycles. The molecule has 0 radical (unpaired) electrons. The zero-order chi connectivity index (χ0) is 19.4. The molecule has 0 fully saturated rings. The van der Waals surface area contributed by atoms with Crippen LogP contribution in [0.1, 0.15) is 41.5 Å². The molecule has 1 N–H and O–H groups in total. The molecule has 0 aromatic heterocycles. The van der Waals surface area contributed by atoms with E-state index in [-0.39, 0.29) is 27.9 Å². The number of hydrogen-bond acceptors (Lipinski definition) is 4. The first-order chi connectivity index (χ1) is 12.2. The van der Waals surface area contributed by atoms with Crippen LogP contribution in [0.5, 0.6) is 11.5 Å². The average Bonchev–Trinajstić information content (AvgIpc) is 2.53. The molecule has 0 saturated heterocycles. The summed E-state index contributed by atoms with van der Waals surface area (Å²) in [5, 5.41) is 2.78. The van der Waals surface area contributed by atoms with E-state index in [0.29, 0.717) is 11.5 Å². The predicted octanol–water partition coefficient (Wildman–Crippen LogP) is 4.73. The maximum absolute atomic E-state index is 13.9. The molecule has 2 aromatic carbocycles. The number of halogens is 2. The minimum atomic E-state index is -0.702. The van der Waals surface area contributed by atoms with Gasteiger partial charge in [0, 0.05) is 11.3 Å². The van der Waals surface area contributed by atoms with Crippen molar-refractivity contribution in [3.05, 3.63) is 52.3 Å². The standard InChI is InChI=1S/C19H19ClFNO4/c1-10(2)26-17-8-12(7-15(20)18(17)25-4)19(24)22-13-5-6-14(11(3)23)16(21)9-13/h5-10H,1-4H3,(H,22,24). The Morgan fingerprint density at radius 1 is 1.19 bits per heavy atom. The average molecular weight is 380 g/mol. The van der Waals surface area contributed by atoms with Crippen LogP contribution < -0.4 is 14.8 Å². The number of anilines is 1. The predicted molar refractivity (Wildman–Crippen MR) is 98.1 cm³/mol. The van der Waals surface area contributed by atoms with Crippen molar-refractivity contribution in [1.29, 1.82) is 0 Å². The normalized spacial score (nSPS) is 10.6. The molecule has 0 aliphatic heterocycles. The van der Waals surface area contributed by atoms with E-state index in [1.54, 1.807) is 0 Å². The number of rotatable bonds is 6. The van der Waals surface area contributed by atoms with Gasteiger partial charge >= 0.3 is 0 Å². The van der Waals surface area contributed by atoms with Crippen molar-refractivity contribution >= 4 is 29.0 Å². The second-order valence-corrected chi connectivity index (χ2v) is 6.27. The first-order valence-electron chi connectivity index (χ1n) is 7.89. The van der Waals surface area contributed by atoms with Crippen molar-refractivity contribution in [2.24, 2.45) is 0 Å². The summed E-state index contributed by atoms with van der Waals surface area (Å²) in [6.07, 6.45) is -0.147. The molecule has 0 bridgehead atoms. The SMILES string of the molecule is COc1c(Cl)cc(C(=O)Nc2ccc(C(C)=O)c(F)c2)cc1OC(C)C. The molecule has 0 heterocycles. The summed E-state index contributed by atoms with van der Waals surface area (Å²) in [5.41, 5.74) is 0.404. The quantitative estimate of drug-likeness (QED) is 0.737. The fourth-order valence-electron chi connectivity index (χ4n) is 2.32. The van der Waals surface area contributed by atoms with Gasteiger partial charge in [-0.05, 0) is 51.1 Å². The minimum Gasteiger partial charge on any atom is -0.491 e. The topological polar surface area (TPSA) is 64.6 Å². The number of ketones is 1.